The summed E-state index contributed by atoms with van der Waals surface area (Å²) in [6.07, 6.45) is 1.71. The summed E-state index contributed by atoms with van der Waals surface area (Å²) in [4.78, 5) is 26.7. The van der Waals surface area contributed by atoms with Crippen LogP contribution < -0.4 is 10.1 Å². The van der Waals surface area contributed by atoms with Gasteiger partial charge in [0.1, 0.15) is 11.6 Å². The van der Waals surface area contributed by atoms with Gasteiger partial charge in [0.05, 0.1) is 5.69 Å². The van der Waals surface area contributed by atoms with Crippen LogP contribution in [0.5, 0.6) is 5.75 Å². The highest BCUT2D eigenvalue weighted by molar-refractivity contribution is 5.99. The van der Waals surface area contributed by atoms with Crippen molar-refractivity contribution in [2.75, 3.05) is 25.0 Å². The second kappa shape index (κ2) is 9.29. The molecule has 2 amide bonds. The molecule has 5 nitrogen and oxygen atoms in total. The standard InChI is InChI=1S/C28H27FN2O3/c1-18-2-4-19(5-3-18)27(20-6-9-23(29)10-7-20)21-12-14-31(15-13-21)28(33)22-8-11-25-24(16-22)30-26(32)17-34-25/h2-11,16,21,27H,12-15,17H2,1H3,(H,30,32). The highest BCUT2D eigenvalue weighted by atomic mass is 19.1. The van der Waals surface area contributed by atoms with Gasteiger partial charge in [-0.2, -0.15) is 0 Å². The minimum absolute atomic E-state index is 0.00991. The molecular weight excluding hydrogens is 431 g/mol. The van der Waals surface area contributed by atoms with Gasteiger partial charge < -0.3 is 15.0 Å². The minimum Gasteiger partial charge on any atom is -0.482 e. The molecule has 1 atom stereocenters. The second-order valence-electron chi connectivity index (χ2n) is 9.12. The van der Waals surface area contributed by atoms with Crippen molar-refractivity contribution >= 4 is 17.5 Å². The van der Waals surface area contributed by atoms with Crippen LogP contribution >= 0.6 is 0 Å². The molecule has 1 N–H and O–H groups in total. The van der Waals surface area contributed by atoms with Gasteiger partial charge in [0, 0.05) is 24.6 Å². The van der Waals surface area contributed by atoms with E-state index in [9.17, 15) is 14.0 Å². The molecule has 1 saturated heterocycles. The van der Waals surface area contributed by atoms with Crippen molar-refractivity contribution in [3.63, 3.8) is 0 Å². The molecule has 0 saturated carbocycles. The largest absolute Gasteiger partial charge is 0.482 e. The number of amides is 2. The number of hydrogen-bond acceptors (Lipinski definition) is 3. The Labute approximate surface area is 198 Å². The zero-order valence-corrected chi connectivity index (χ0v) is 19.1. The fraction of sp³-hybridized carbons (Fsp3) is 0.286. The van der Waals surface area contributed by atoms with Gasteiger partial charge in [-0.05, 0) is 67.1 Å². The summed E-state index contributed by atoms with van der Waals surface area (Å²) in [5.74, 6) is 0.562. The summed E-state index contributed by atoms with van der Waals surface area (Å²) in [6.45, 7) is 3.35. The molecule has 0 aliphatic carbocycles. The first-order chi connectivity index (χ1) is 16.5. The second-order valence-corrected chi connectivity index (χ2v) is 9.12. The maximum atomic E-state index is 13.6. The summed E-state index contributed by atoms with van der Waals surface area (Å²) >= 11 is 0. The number of likely N-dealkylation sites (tertiary alicyclic amines) is 1. The maximum absolute atomic E-state index is 13.6. The third-order valence-electron chi connectivity index (χ3n) is 6.82. The van der Waals surface area contributed by atoms with Crippen LogP contribution in [0.2, 0.25) is 0 Å². The number of hydrogen-bond donors (Lipinski definition) is 1. The number of carbonyl (C=O) groups is 2. The van der Waals surface area contributed by atoms with Gasteiger partial charge in [-0.25, -0.2) is 4.39 Å². The van der Waals surface area contributed by atoms with Gasteiger partial charge in [-0.1, -0.05) is 42.0 Å². The van der Waals surface area contributed by atoms with Crippen LogP contribution in [0.4, 0.5) is 10.1 Å². The molecule has 1 fully saturated rings. The third kappa shape index (κ3) is 4.53. The minimum atomic E-state index is -0.238. The van der Waals surface area contributed by atoms with Crippen LogP contribution in [0.25, 0.3) is 0 Å². The summed E-state index contributed by atoms with van der Waals surface area (Å²) in [5, 5.41) is 2.76. The van der Waals surface area contributed by atoms with E-state index in [1.807, 2.05) is 17.0 Å². The number of ether oxygens (including phenoxy) is 1. The van der Waals surface area contributed by atoms with E-state index < -0.39 is 0 Å². The Morgan fingerprint density at radius 1 is 1.00 bits per heavy atom. The van der Waals surface area contributed by atoms with E-state index in [2.05, 4.69) is 36.5 Å². The van der Waals surface area contributed by atoms with Crippen molar-refractivity contribution in [1.29, 1.82) is 0 Å². The Morgan fingerprint density at radius 3 is 2.32 bits per heavy atom. The predicted molar refractivity (Wildman–Crippen MR) is 129 cm³/mol. The normalized spacial score (nSPS) is 16.9. The molecule has 3 aromatic rings. The van der Waals surface area contributed by atoms with E-state index in [1.54, 1.807) is 18.2 Å². The van der Waals surface area contributed by atoms with Crippen molar-refractivity contribution in [2.45, 2.75) is 25.7 Å². The van der Waals surface area contributed by atoms with Crippen molar-refractivity contribution in [1.82, 2.24) is 4.90 Å². The number of fused-ring (bicyclic) bond motifs is 1. The quantitative estimate of drug-likeness (QED) is 0.588. The molecule has 34 heavy (non-hydrogen) atoms. The molecule has 5 rings (SSSR count). The Hall–Kier alpha value is -3.67. The number of nitrogens with one attached hydrogen (secondary N) is 1. The monoisotopic (exact) mass is 458 g/mol. The lowest BCUT2D eigenvalue weighted by molar-refractivity contribution is -0.118. The van der Waals surface area contributed by atoms with E-state index in [4.69, 9.17) is 4.74 Å². The lowest BCUT2D eigenvalue weighted by Gasteiger charge is -2.37. The number of benzene rings is 3. The van der Waals surface area contributed by atoms with Gasteiger partial charge in [0.2, 0.25) is 0 Å². The lowest BCUT2D eigenvalue weighted by atomic mass is 9.76. The molecule has 3 aromatic carbocycles. The summed E-state index contributed by atoms with van der Waals surface area (Å²) in [6, 6.07) is 20.5. The molecule has 6 heteroatoms. The van der Waals surface area contributed by atoms with E-state index in [0.29, 0.717) is 36.0 Å². The molecular formula is C28H27FN2O3. The van der Waals surface area contributed by atoms with Crippen LogP contribution in [0.15, 0.2) is 66.7 Å². The van der Waals surface area contributed by atoms with Crippen LogP contribution in [0.3, 0.4) is 0 Å². The SMILES string of the molecule is Cc1ccc(C(c2ccc(F)cc2)C2CCN(C(=O)c3ccc4c(c3)NC(=O)CO4)CC2)cc1. The smallest absolute Gasteiger partial charge is 0.262 e. The average Bonchev–Trinajstić information content (AvgIpc) is 2.86. The number of rotatable bonds is 4. The van der Waals surface area contributed by atoms with Crippen molar-refractivity contribution < 1.29 is 18.7 Å². The number of nitrogens with zero attached hydrogens (tertiary/aromatic N) is 1. The van der Waals surface area contributed by atoms with Gasteiger partial charge in [0.15, 0.2) is 6.61 Å². The Balaban J connectivity index is 1.33. The molecule has 0 radical (unpaired) electrons. The first kappa shape index (κ1) is 22.1. The highest BCUT2D eigenvalue weighted by Gasteiger charge is 2.31. The van der Waals surface area contributed by atoms with Crippen LogP contribution in [0, 0.1) is 18.7 Å². The van der Waals surface area contributed by atoms with E-state index in [-0.39, 0.29) is 30.2 Å². The van der Waals surface area contributed by atoms with Crippen molar-refractivity contribution in [3.8, 4) is 5.75 Å². The molecule has 1 unspecified atom stereocenters. The third-order valence-corrected chi connectivity index (χ3v) is 6.82. The van der Waals surface area contributed by atoms with Crippen LogP contribution in [-0.4, -0.2) is 36.4 Å². The molecule has 2 aliphatic rings. The van der Waals surface area contributed by atoms with Crippen molar-refractivity contribution in [2.24, 2.45) is 5.92 Å². The molecule has 0 bridgehead atoms. The lowest BCUT2D eigenvalue weighted by Crippen LogP contribution is -2.40. The number of piperidine rings is 1. The predicted octanol–water partition coefficient (Wildman–Crippen LogP) is 5.15. The molecule has 2 heterocycles. The summed E-state index contributed by atoms with van der Waals surface area (Å²) in [5.41, 5.74) is 4.59. The highest BCUT2D eigenvalue weighted by Crippen LogP contribution is 2.38. The first-order valence-corrected chi connectivity index (χ1v) is 11.7. The Bertz CT molecular complexity index is 1150. The Kier molecular flexibility index (Phi) is 6.05. The van der Waals surface area contributed by atoms with Gasteiger partial charge >= 0.3 is 0 Å². The molecule has 2 aliphatic heterocycles. The molecule has 0 spiro atoms. The summed E-state index contributed by atoms with van der Waals surface area (Å²) < 4.78 is 19.0. The molecule has 0 aromatic heterocycles. The number of aryl methyl sites for hydroxylation is 1. The van der Waals surface area contributed by atoms with Crippen LogP contribution in [0.1, 0.15) is 45.8 Å². The fourth-order valence-corrected chi connectivity index (χ4v) is 5.02. The van der Waals surface area contributed by atoms with Gasteiger partial charge in [0.25, 0.3) is 11.8 Å². The number of carbonyl (C=O) groups excluding carboxylic acids is 2. The zero-order chi connectivity index (χ0) is 23.7. The number of halogens is 1. The van der Waals surface area contributed by atoms with Gasteiger partial charge in [-0.15, -0.1) is 0 Å². The maximum Gasteiger partial charge on any atom is 0.262 e. The van der Waals surface area contributed by atoms with E-state index >= 15 is 0 Å². The van der Waals surface area contributed by atoms with Gasteiger partial charge in [-0.3, -0.25) is 9.59 Å². The molecule has 174 valence electrons. The van der Waals surface area contributed by atoms with Crippen molar-refractivity contribution in [3.05, 3.63) is 94.8 Å². The zero-order valence-electron chi connectivity index (χ0n) is 19.1. The Morgan fingerprint density at radius 2 is 1.65 bits per heavy atom. The summed E-state index contributed by atoms with van der Waals surface area (Å²) in [7, 11) is 0. The van der Waals surface area contributed by atoms with E-state index in [0.717, 1.165) is 18.4 Å². The van der Waals surface area contributed by atoms with E-state index in [1.165, 1.54) is 23.3 Å². The number of anilines is 1. The topological polar surface area (TPSA) is 58.6 Å². The first-order valence-electron chi connectivity index (χ1n) is 11.7. The van der Waals surface area contributed by atoms with Crippen LogP contribution in [-0.2, 0) is 4.79 Å². The average molecular weight is 459 g/mol. The fourth-order valence-electron chi connectivity index (χ4n) is 5.02.